The van der Waals surface area contributed by atoms with Gasteiger partial charge >= 0.3 is 0 Å². The van der Waals surface area contributed by atoms with Crippen LogP contribution in [0.5, 0.6) is 5.75 Å². The SMILES string of the molecule is Cc1ccn2ncc(C(=O)NC3CCCc4c(O)cccc43)c2n1. The van der Waals surface area contributed by atoms with Gasteiger partial charge in [-0.05, 0) is 49.4 Å². The Morgan fingerprint density at radius 2 is 2.25 bits per heavy atom. The van der Waals surface area contributed by atoms with Crippen molar-refractivity contribution < 1.29 is 9.90 Å². The van der Waals surface area contributed by atoms with Crippen molar-refractivity contribution in [3.05, 3.63) is 59.0 Å². The van der Waals surface area contributed by atoms with Crippen molar-refractivity contribution in [3.8, 4) is 5.75 Å². The second-order valence-corrected chi connectivity index (χ2v) is 6.16. The molecule has 0 saturated heterocycles. The summed E-state index contributed by atoms with van der Waals surface area (Å²) in [4.78, 5) is 17.1. The van der Waals surface area contributed by atoms with Gasteiger partial charge in [-0.1, -0.05) is 12.1 Å². The van der Waals surface area contributed by atoms with E-state index in [1.165, 1.54) is 0 Å². The monoisotopic (exact) mass is 322 g/mol. The van der Waals surface area contributed by atoms with Crippen LogP contribution in [0, 0.1) is 6.92 Å². The zero-order valence-corrected chi connectivity index (χ0v) is 13.4. The Bertz CT molecular complexity index is 932. The number of nitrogens with zero attached hydrogens (tertiary/aromatic N) is 3. The van der Waals surface area contributed by atoms with Crippen molar-refractivity contribution in [2.24, 2.45) is 0 Å². The van der Waals surface area contributed by atoms with Crippen LogP contribution in [0.1, 0.15) is 46.1 Å². The van der Waals surface area contributed by atoms with Crippen molar-refractivity contribution in [1.82, 2.24) is 19.9 Å². The van der Waals surface area contributed by atoms with Gasteiger partial charge in [-0.3, -0.25) is 4.79 Å². The Morgan fingerprint density at radius 3 is 3.12 bits per heavy atom. The Hall–Kier alpha value is -2.89. The number of aromatic nitrogens is 3. The van der Waals surface area contributed by atoms with E-state index in [1.54, 1.807) is 23.0 Å². The van der Waals surface area contributed by atoms with Crippen LogP contribution in [-0.4, -0.2) is 25.6 Å². The normalized spacial score (nSPS) is 16.8. The molecule has 2 N–H and O–H groups in total. The van der Waals surface area contributed by atoms with Crippen molar-refractivity contribution in [1.29, 1.82) is 0 Å². The van der Waals surface area contributed by atoms with E-state index >= 15 is 0 Å². The maximum absolute atomic E-state index is 12.7. The number of carbonyl (C=O) groups is 1. The van der Waals surface area contributed by atoms with Gasteiger partial charge in [-0.15, -0.1) is 0 Å². The molecule has 1 unspecified atom stereocenters. The van der Waals surface area contributed by atoms with Crippen LogP contribution in [0.2, 0.25) is 0 Å². The van der Waals surface area contributed by atoms with Gasteiger partial charge in [0.2, 0.25) is 0 Å². The number of carbonyl (C=O) groups excluding carboxylic acids is 1. The highest BCUT2D eigenvalue weighted by molar-refractivity contribution is 5.99. The molecule has 0 radical (unpaired) electrons. The molecule has 6 heteroatoms. The van der Waals surface area contributed by atoms with Crippen LogP contribution in [0.25, 0.3) is 5.65 Å². The molecule has 0 saturated carbocycles. The molecule has 1 aromatic carbocycles. The largest absolute Gasteiger partial charge is 0.508 e. The number of aromatic hydroxyl groups is 1. The van der Waals surface area contributed by atoms with Gasteiger partial charge in [0.15, 0.2) is 5.65 Å². The lowest BCUT2D eigenvalue weighted by atomic mass is 9.87. The minimum absolute atomic E-state index is 0.104. The van der Waals surface area contributed by atoms with Crippen LogP contribution in [0.4, 0.5) is 0 Å². The fourth-order valence-electron chi connectivity index (χ4n) is 3.33. The smallest absolute Gasteiger partial charge is 0.257 e. The lowest BCUT2D eigenvalue weighted by molar-refractivity contribution is 0.0934. The molecule has 0 bridgehead atoms. The van der Waals surface area contributed by atoms with Crippen LogP contribution in [0.3, 0.4) is 0 Å². The van der Waals surface area contributed by atoms with Crippen LogP contribution >= 0.6 is 0 Å². The molecule has 1 amide bonds. The number of hydrogen-bond donors (Lipinski definition) is 2. The fourth-order valence-corrected chi connectivity index (χ4v) is 3.33. The van der Waals surface area contributed by atoms with E-state index in [2.05, 4.69) is 15.4 Å². The summed E-state index contributed by atoms with van der Waals surface area (Å²) in [5.41, 5.74) is 3.79. The number of amides is 1. The summed E-state index contributed by atoms with van der Waals surface area (Å²) in [7, 11) is 0. The summed E-state index contributed by atoms with van der Waals surface area (Å²) in [5.74, 6) is 0.115. The molecule has 1 aliphatic carbocycles. The lowest BCUT2D eigenvalue weighted by Gasteiger charge is -2.26. The number of fused-ring (bicyclic) bond motifs is 2. The molecule has 0 fully saturated rings. The molecule has 1 atom stereocenters. The van der Waals surface area contributed by atoms with E-state index in [9.17, 15) is 9.90 Å². The van der Waals surface area contributed by atoms with Gasteiger partial charge in [0.1, 0.15) is 11.3 Å². The first kappa shape index (κ1) is 14.7. The highest BCUT2D eigenvalue weighted by atomic mass is 16.3. The number of aryl methyl sites for hydroxylation is 1. The maximum atomic E-state index is 12.7. The number of hydrogen-bond acceptors (Lipinski definition) is 4. The third-order valence-electron chi connectivity index (χ3n) is 4.54. The van der Waals surface area contributed by atoms with Crippen molar-refractivity contribution in [2.75, 3.05) is 0 Å². The molecular formula is C18H18N4O2. The van der Waals surface area contributed by atoms with Gasteiger partial charge in [-0.25, -0.2) is 9.50 Å². The minimum atomic E-state index is -0.190. The average Bonchev–Trinajstić information content (AvgIpc) is 2.99. The van der Waals surface area contributed by atoms with Crippen molar-refractivity contribution in [2.45, 2.75) is 32.2 Å². The minimum Gasteiger partial charge on any atom is -0.508 e. The molecular weight excluding hydrogens is 304 g/mol. The highest BCUT2D eigenvalue weighted by Crippen LogP contribution is 2.34. The highest BCUT2D eigenvalue weighted by Gasteiger charge is 2.25. The topological polar surface area (TPSA) is 79.5 Å². The predicted octanol–water partition coefficient (Wildman–Crippen LogP) is 2.55. The summed E-state index contributed by atoms with van der Waals surface area (Å²) < 4.78 is 1.60. The standard InChI is InChI=1S/C18H18N4O2/c1-11-8-9-22-17(20-11)14(10-19-22)18(24)21-15-6-2-5-13-12(15)4-3-7-16(13)23/h3-4,7-10,15,23H,2,5-6H2,1H3,(H,21,24). The molecule has 2 aromatic heterocycles. The summed E-state index contributed by atoms with van der Waals surface area (Å²) in [5, 5.41) is 17.3. The number of rotatable bonds is 2. The third kappa shape index (κ3) is 2.40. The molecule has 3 aromatic rings. The van der Waals surface area contributed by atoms with Crippen LogP contribution in [0.15, 0.2) is 36.7 Å². The Labute approximate surface area is 139 Å². The van der Waals surface area contributed by atoms with E-state index < -0.39 is 0 Å². The summed E-state index contributed by atoms with van der Waals surface area (Å²) in [6, 6.07) is 7.23. The maximum Gasteiger partial charge on any atom is 0.257 e. The molecule has 4 rings (SSSR count). The van der Waals surface area contributed by atoms with Crippen LogP contribution in [-0.2, 0) is 6.42 Å². The van der Waals surface area contributed by atoms with Gasteiger partial charge in [-0.2, -0.15) is 5.10 Å². The average molecular weight is 322 g/mol. The van der Waals surface area contributed by atoms with E-state index in [4.69, 9.17) is 0 Å². The number of nitrogens with one attached hydrogen (secondary N) is 1. The molecule has 2 heterocycles. The number of phenolic OH excluding ortho intramolecular Hbond substituents is 1. The van der Waals surface area contributed by atoms with E-state index in [1.807, 2.05) is 25.1 Å². The number of benzene rings is 1. The zero-order chi connectivity index (χ0) is 16.7. The molecule has 1 aliphatic rings. The first-order chi connectivity index (χ1) is 11.6. The third-order valence-corrected chi connectivity index (χ3v) is 4.54. The Balaban J connectivity index is 1.65. The second kappa shape index (κ2) is 5.63. The van der Waals surface area contributed by atoms with Crippen molar-refractivity contribution >= 4 is 11.6 Å². The molecule has 122 valence electrons. The van der Waals surface area contributed by atoms with Gasteiger partial charge < -0.3 is 10.4 Å². The van der Waals surface area contributed by atoms with Gasteiger partial charge in [0.05, 0.1) is 12.2 Å². The van der Waals surface area contributed by atoms with E-state index in [0.29, 0.717) is 17.0 Å². The zero-order valence-electron chi connectivity index (χ0n) is 13.4. The molecule has 24 heavy (non-hydrogen) atoms. The van der Waals surface area contributed by atoms with Crippen molar-refractivity contribution in [3.63, 3.8) is 0 Å². The Kier molecular flexibility index (Phi) is 3.45. The van der Waals surface area contributed by atoms with Gasteiger partial charge in [0.25, 0.3) is 5.91 Å². The first-order valence-corrected chi connectivity index (χ1v) is 8.06. The molecule has 6 nitrogen and oxygen atoms in total. The second-order valence-electron chi connectivity index (χ2n) is 6.16. The van der Waals surface area contributed by atoms with E-state index in [-0.39, 0.29) is 11.9 Å². The molecule has 0 aliphatic heterocycles. The molecule has 0 spiro atoms. The number of phenols is 1. The van der Waals surface area contributed by atoms with E-state index in [0.717, 1.165) is 36.1 Å². The van der Waals surface area contributed by atoms with Crippen LogP contribution < -0.4 is 5.32 Å². The lowest BCUT2D eigenvalue weighted by Crippen LogP contribution is -2.31. The first-order valence-electron chi connectivity index (χ1n) is 8.06. The summed E-state index contributed by atoms with van der Waals surface area (Å²) >= 11 is 0. The summed E-state index contributed by atoms with van der Waals surface area (Å²) in [6.07, 6.45) is 5.97. The quantitative estimate of drug-likeness (QED) is 0.760. The fraction of sp³-hybridized carbons (Fsp3) is 0.278. The Morgan fingerprint density at radius 1 is 1.38 bits per heavy atom. The summed E-state index contributed by atoms with van der Waals surface area (Å²) in [6.45, 7) is 1.88. The predicted molar refractivity (Wildman–Crippen MR) is 89.0 cm³/mol. The van der Waals surface area contributed by atoms with Gasteiger partial charge in [0, 0.05) is 11.9 Å².